The number of nitrogens with zero attached hydrogens (tertiary/aromatic N) is 1. The number of aromatic nitrogens is 1. The third-order valence-corrected chi connectivity index (χ3v) is 8.00. The Bertz CT molecular complexity index is 1670. The normalized spacial score (nSPS) is 11.9. The van der Waals surface area contributed by atoms with Gasteiger partial charge in [0.05, 0.1) is 12.2 Å². The Morgan fingerprint density at radius 1 is 1.00 bits per heavy atom. The zero-order chi connectivity index (χ0) is 33.3. The highest BCUT2D eigenvalue weighted by molar-refractivity contribution is 5.99. The molecule has 5 nitrogen and oxygen atoms in total. The number of nitrogens with one attached hydrogen (secondary N) is 1. The van der Waals surface area contributed by atoms with Crippen molar-refractivity contribution in [1.29, 1.82) is 0 Å². The van der Waals surface area contributed by atoms with Gasteiger partial charge in [-0.25, -0.2) is 4.79 Å². The molecule has 1 aromatic heterocycles. The summed E-state index contributed by atoms with van der Waals surface area (Å²) in [6.45, 7) is 30.3. The molecular formula is C40H48N2O3. The molecule has 45 heavy (non-hydrogen) atoms. The lowest BCUT2D eigenvalue weighted by Gasteiger charge is -2.19. The third kappa shape index (κ3) is 8.95. The molecule has 0 saturated carbocycles. The van der Waals surface area contributed by atoms with Crippen LogP contribution in [0.3, 0.4) is 0 Å². The van der Waals surface area contributed by atoms with Crippen LogP contribution in [0.2, 0.25) is 0 Å². The van der Waals surface area contributed by atoms with Gasteiger partial charge in [0.2, 0.25) is 0 Å². The second kappa shape index (κ2) is 15.4. The van der Waals surface area contributed by atoms with Crippen molar-refractivity contribution in [3.8, 4) is 0 Å². The van der Waals surface area contributed by atoms with Crippen LogP contribution < -0.4 is 5.32 Å². The summed E-state index contributed by atoms with van der Waals surface area (Å²) >= 11 is 0. The SMILES string of the molecule is C=C/C=C(\C(=C)C(=C)/C=C\C(=C)Cn1c(C)c(C)c2cc(C(=O)NCc3ccc(C(C)(C)C)cc3)ccc21)C(=O)OCCCC. The van der Waals surface area contributed by atoms with Gasteiger partial charge in [0.25, 0.3) is 5.91 Å². The fourth-order valence-electron chi connectivity index (χ4n) is 4.95. The van der Waals surface area contributed by atoms with Crippen molar-refractivity contribution in [2.45, 2.75) is 72.9 Å². The number of hydrogen-bond donors (Lipinski definition) is 1. The highest BCUT2D eigenvalue weighted by atomic mass is 16.5. The molecule has 3 rings (SSSR count). The minimum atomic E-state index is -0.436. The molecule has 0 spiro atoms. The summed E-state index contributed by atoms with van der Waals surface area (Å²) in [5.41, 5.74) is 8.54. The molecule has 0 aliphatic rings. The van der Waals surface area contributed by atoms with Crippen LogP contribution in [0.25, 0.3) is 10.9 Å². The van der Waals surface area contributed by atoms with Crippen LogP contribution in [0.4, 0.5) is 0 Å². The minimum absolute atomic E-state index is 0.0909. The Labute approximate surface area is 269 Å². The first kappa shape index (κ1) is 34.8. The lowest BCUT2D eigenvalue weighted by molar-refractivity contribution is -0.138. The van der Waals surface area contributed by atoms with E-state index in [2.05, 4.69) is 95.1 Å². The number of carbonyl (C=O) groups is 2. The number of ether oxygens (including phenoxy) is 1. The third-order valence-electron chi connectivity index (χ3n) is 8.00. The van der Waals surface area contributed by atoms with E-state index >= 15 is 0 Å². The van der Waals surface area contributed by atoms with Crippen molar-refractivity contribution in [1.82, 2.24) is 9.88 Å². The van der Waals surface area contributed by atoms with Gasteiger partial charge in [0, 0.05) is 35.2 Å². The van der Waals surface area contributed by atoms with Crippen LogP contribution in [0.5, 0.6) is 0 Å². The smallest absolute Gasteiger partial charge is 0.338 e. The Balaban J connectivity index is 1.70. The number of fused-ring (bicyclic) bond motifs is 1. The number of esters is 1. The van der Waals surface area contributed by atoms with Gasteiger partial charge in [0.1, 0.15) is 0 Å². The number of benzene rings is 2. The monoisotopic (exact) mass is 604 g/mol. The van der Waals surface area contributed by atoms with E-state index in [1.54, 1.807) is 12.2 Å². The molecule has 0 atom stereocenters. The number of unbranched alkanes of at least 4 members (excludes halogenated alkanes) is 1. The maximum atomic E-state index is 13.1. The van der Waals surface area contributed by atoms with Gasteiger partial charge in [-0.1, -0.05) is 103 Å². The summed E-state index contributed by atoms with van der Waals surface area (Å²) in [6.07, 6.45) is 8.58. The molecule has 1 amide bonds. The summed E-state index contributed by atoms with van der Waals surface area (Å²) in [5, 5.41) is 4.09. The number of hydrogen-bond acceptors (Lipinski definition) is 3. The van der Waals surface area contributed by atoms with E-state index in [9.17, 15) is 9.59 Å². The zero-order valence-corrected chi connectivity index (χ0v) is 27.9. The second-order valence-electron chi connectivity index (χ2n) is 12.5. The Morgan fingerprint density at radius 2 is 1.69 bits per heavy atom. The molecule has 0 aliphatic carbocycles. The molecular weight excluding hydrogens is 556 g/mol. The number of rotatable bonds is 14. The molecule has 0 unspecified atom stereocenters. The molecule has 0 bridgehead atoms. The molecule has 3 aromatic rings. The Kier molecular flexibility index (Phi) is 11.9. The van der Waals surface area contributed by atoms with Crippen molar-refractivity contribution in [2.24, 2.45) is 0 Å². The summed E-state index contributed by atoms with van der Waals surface area (Å²) in [6, 6.07) is 14.2. The van der Waals surface area contributed by atoms with Crippen molar-refractivity contribution in [3.05, 3.63) is 143 Å². The molecule has 1 N–H and O–H groups in total. The first-order chi connectivity index (χ1) is 21.3. The average molecular weight is 605 g/mol. The zero-order valence-electron chi connectivity index (χ0n) is 27.9. The summed E-state index contributed by atoms with van der Waals surface area (Å²) < 4.78 is 7.57. The average Bonchev–Trinajstić information content (AvgIpc) is 3.24. The van der Waals surface area contributed by atoms with Crippen LogP contribution in [-0.2, 0) is 28.0 Å². The standard InChI is InChI=1S/C40H48N2O3/c1-11-13-23-45-39(44)35(14-12-2)29(5)28(4)16-15-27(3)26-42-31(7)30(6)36-24-33(19-22-37(36)42)38(43)41-25-32-17-20-34(21-18-32)40(8,9)10/h12,14-22,24H,2-5,11,13,23,25-26H2,1,6-10H3,(H,41,43)/b16-15-,35-14+. The number of amides is 1. The van der Waals surface area contributed by atoms with Crippen LogP contribution in [0.15, 0.2) is 115 Å². The first-order valence-corrected chi connectivity index (χ1v) is 15.5. The van der Waals surface area contributed by atoms with Crippen LogP contribution in [0.1, 0.15) is 73.3 Å². The van der Waals surface area contributed by atoms with Gasteiger partial charge >= 0.3 is 5.97 Å². The summed E-state index contributed by atoms with van der Waals surface area (Å²) in [5.74, 6) is -0.541. The van der Waals surface area contributed by atoms with Crippen molar-refractivity contribution in [2.75, 3.05) is 6.61 Å². The van der Waals surface area contributed by atoms with E-state index in [1.165, 1.54) is 5.56 Å². The van der Waals surface area contributed by atoms with Gasteiger partial charge in [-0.05, 0) is 83.4 Å². The van der Waals surface area contributed by atoms with E-state index in [0.717, 1.165) is 46.1 Å². The maximum Gasteiger partial charge on any atom is 0.338 e. The Hall–Kier alpha value is -4.64. The van der Waals surface area contributed by atoms with Crippen LogP contribution >= 0.6 is 0 Å². The topological polar surface area (TPSA) is 60.3 Å². The molecule has 0 fully saturated rings. The van der Waals surface area contributed by atoms with Crippen molar-refractivity contribution < 1.29 is 14.3 Å². The predicted octanol–water partition coefficient (Wildman–Crippen LogP) is 9.17. The van der Waals surface area contributed by atoms with Crippen LogP contribution in [0, 0.1) is 13.8 Å². The minimum Gasteiger partial charge on any atom is -0.462 e. The number of carbonyl (C=O) groups excluding carboxylic acids is 2. The fourth-order valence-corrected chi connectivity index (χ4v) is 4.95. The predicted molar refractivity (Wildman–Crippen MR) is 188 cm³/mol. The van der Waals surface area contributed by atoms with Gasteiger partial charge in [-0.2, -0.15) is 0 Å². The van der Waals surface area contributed by atoms with Crippen LogP contribution in [-0.4, -0.2) is 23.1 Å². The molecule has 0 radical (unpaired) electrons. The van der Waals surface area contributed by atoms with Crippen molar-refractivity contribution >= 4 is 22.8 Å². The summed E-state index contributed by atoms with van der Waals surface area (Å²) in [7, 11) is 0. The molecule has 1 heterocycles. The highest BCUT2D eigenvalue weighted by Gasteiger charge is 2.17. The Morgan fingerprint density at radius 3 is 2.31 bits per heavy atom. The lowest BCUT2D eigenvalue weighted by atomic mass is 9.87. The maximum absolute atomic E-state index is 13.1. The fraction of sp³-hybridized carbons (Fsp3) is 0.300. The molecule has 0 saturated heterocycles. The van der Waals surface area contributed by atoms with Gasteiger partial charge in [0.15, 0.2) is 0 Å². The molecule has 0 aliphatic heterocycles. The highest BCUT2D eigenvalue weighted by Crippen LogP contribution is 2.28. The number of aryl methyl sites for hydroxylation is 1. The molecule has 2 aromatic carbocycles. The van der Waals surface area contributed by atoms with Crippen molar-refractivity contribution in [3.63, 3.8) is 0 Å². The number of allylic oxidation sites excluding steroid dienone is 6. The molecule has 5 heteroatoms. The lowest BCUT2D eigenvalue weighted by Crippen LogP contribution is -2.22. The van der Waals surface area contributed by atoms with E-state index in [0.29, 0.717) is 42.0 Å². The van der Waals surface area contributed by atoms with Gasteiger partial charge < -0.3 is 14.6 Å². The van der Waals surface area contributed by atoms with E-state index < -0.39 is 5.97 Å². The van der Waals surface area contributed by atoms with E-state index in [4.69, 9.17) is 4.74 Å². The summed E-state index contributed by atoms with van der Waals surface area (Å²) in [4.78, 5) is 25.7. The van der Waals surface area contributed by atoms with E-state index in [-0.39, 0.29) is 11.3 Å². The van der Waals surface area contributed by atoms with Gasteiger partial charge in [-0.15, -0.1) is 0 Å². The molecule has 236 valence electrons. The largest absolute Gasteiger partial charge is 0.462 e. The van der Waals surface area contributed by atoms with E-state index in [1.807, 2.05) is 37.3 Å². The quantitative estimate of drug-likeness (QED) is 0.0864. The first-order valence-electron chi connectivity index (χ1n) is 15.5. The second-order valence-corrected chi connectivity index (χ2v) is 12.5. The van der Waals surface area contributed by atoms with Gasteiger partial charge in [-0.3, -0.25) is 4.79 Å².